The number of hydrogen-bond acceptors (Lipinski definition) is 5. The van der Waals surface area contributed by atoms with Gasteiger partial charge in [0.15, 0.2) is 18.0 Å². The SMILES string of the molecule is COC(=O)NC(=O)C[NH+]1CCC[C@@H]1c1ccc2c(c1)OCCCO2. The number of amides is 2. The molecule has 1 unspecified atom stereocenters. The van der Waals surface area contributed by atoms with Crippen molar-refractivity contribution in [1.29, 1.82) is 0 Å². The highest BCUT2D eigenvalue weighted by Gasteiger charge is 2.32. The van der Waals surface area contributed by atoms with Crippen molar-refractivity contribution in [3.8, 4) is 11.5 Å². The van der Waals surface area contributed by atoms with Gasteiger partial charge in [-0.1, -0.05) is 0 Å². The molecule has 3 rings (SSSR count). The Bertz CT molecular complexity index is 619. The first kappa shape index (κ1) is 16.6. The van der Waals surface area contributed by atoms with E-state index >= 15 is 0 Å². The summed E-state index contributed by atoms with van der Waals surface area (Å²) in [5.74, 6) is 1.23. The molecule has 0 spiro atoms. The Morgan fingerprint density at radius 1 is 1.25 bits per heavy atom. The fraction of sp³-hybridized carbons (Fsp3) is 0.529. The Hall–Kier alpha value is -2.28. The predicted octanol–water partition coefficient (Wildman–Crippen LogP) is 0.450. The molecule has 0 bridgehead atoms. The summed E-state index contributed by atoms with van der Waals surface area (Å²) in [5, 5.41) is 2.22. The highest BCUT2D eigenvalue weighted by atomic mass is 16.5. The number of fused-ring (bicyclic) bond motifs is 1. The van der Waals surface area contributed by atoms with Crippen LogP contribution in [-0.4, -0.2) is 45.4 Å². The van der Waals surface area contributed by atoms with Crippen molar-refractivity contribution < 1.29 is 28.7 Å². The van der Waals surface area contributed by atoms with Crippen LogP contribution in [-0.2, 0) is 9.53 Å². The fourth-order valence-corrected chi connectivity index (χ4v) is 3.34. The van der Waals surface area contributed by atoms with Crippen molar-refractivity contribution in [1.82, 2.24) is 5.32 Å². The lowest BCUT2D eigenvalue weighted by molar-refractivity contribution is -0.910. The van der Waals surface area contributed by atoms with Crippen LogP contribution in [0.2, 0.25) is 0 Å². The summed E-state index contributed by atoms with van der Waals surface area (Å²) < 4.78 is 15.9. The van der Waals surface area contributed by atoms with Crippen molar-refractivity contribution >= 4 is 12.0 Å². The molecule has 1 saturated heterocycles. The van der Waals surface area contributed by atoms with E-state index in [2.05, 4.69) is 10.1 Å². The van der Waals surface area contributed by atoms with Crippen molar-refractivity contribution in [2.24, 2.45) is 0 Å². The smallest absolute Gasteiger partial charge is 0.413 e. The van der Waals surface area contributed by atoms with E-state index in [0.29, 0.717) is 13.2 Å². The lowest BCUT2D eigenvalue weighted by Crippen LogP contribution is -3.11. The number of carbonyl (C=O) groups is 2. The molecule has 1 aromatic rings. The Morgan fingerprint density at radius 2 is 2.04 bits per heavy atom. The summed E-state index contributed by atoms with van der Waals surface area (Å²) in [6.45, 7) is 2.46. The third-order valence-corrected chi connectivity index (χ3v) is 4.47. The van der Waals surface area contributed by atoms with Crippen LogP contribution >= 0.6 is 0 Å². The van der Waals surface area contributed by atoms with Gasteiger partial charge in [-0.3, -0.25) is 10.1 Å². The van der Waals surface area contributed by atoms with E-state index in [1.807, 2.05) is 18.2 Å². The van der Waals surface area contributed by atoms with Crippen LogP contribution in [0.25, 0.3) is 0 Å². The summed E-state index contributed by atoms with van der Waals surface area (Å²) in [5.41, 5.74) is 1.14. The average molecular weight is 335 g/mol. The normalized spacial score (nSPS) is 22.5. The third-order valence-electron chi connectivity index (χ3n) is 4.47. The highest BCUT2D eigenvalue weighted by Crippen LogP contribution is 2.33. The first-order valence-electron chi connectivity index (χ1n) is 8.29. The largest absolute Gasteiger partial charge is 0.490 e. The van der Waals surface area contributed by atoms with Crippen molar-refractivity contribution in [2.75, 3.05) is 33.4 Å². The molecular weight excluding hydrogens is 312 g/mol. The molecule has 2 N–H and O–H groups in total. The van der Waals surface area contributed by atoms with Crippen LogP contribution in [0, 0.1) is 0 Å². The maximum Gasteiger partial charge on any atom is 0.413 e. The van der Waals surface area contributed by atoms with E-state index in [-0.39, 0.29) is 18.5 Å². The molecule has 2 amide bonds. The van der Waals surface area contributed by atoms with Crippen molar-refractivity contribution in [3.05, 3.63) is 23.8 Å². The fourth-order valence-electron chi connectivity index (χ4n) is 3.34. The molecule has 0 aromatic heterocycles. The highest BCUT2D eigenvalue weighted by molar-refractivity contribution is 5.92. The van der Waals surface area contributed by atoms with Gasteiger partial charge < -0.3 is 19.1 Å². The zero-order chi connectivity index (χ0) is 16.9. The number of nitrogens with one attached hydrogen (secondary N) is 2. The molecule has 0 saturated carbocycles. The monoisotopic (exact) mass is 335 g/mol. The number of quaternary nitrogens is 1. The minimum absolute atomic E-state index is 0.213. The Morgan fingerprint density at radius 3 is 2.83 bits per heavy atom. The molecule has 24 heavy (non-hydrogen) atoms. The lowest BCUT2D eigenvalue weighted by Gasteiger charge is -2.22. The molecule has 1 fully saturated rings. The minimum Gasteiger partial charge on any atom is -0.490 e. The number of ether oxygens (including phenoxy) is 3. The molecule has 7 heteroatoms. The Kier molecular flexibility index (Phi) is 5.20. The van der Waals surface area contributed by atoms with Gasteiger partial charge in [-0.2, -0.15) is 0 Å². The summed E-state index contributed by atoms with van der Waals surface area (Å²) >= 11 is 0. The first-order valence-corrected chi connectivity index (χ1v) is 8.29. The number of carbonyl (C=O) groups excluding carboxylic acids is 2. The average Bonchev–Trinajstić information content (AvgIpc) is 2.90. The van der Waals surface area contributed by atoms with Gasteiger partial charge in [-0.05, 0) is 18.2 Å². The van der Waals surface area contributed by atoms with Gasteiger partial charge in [0.1, 0.15) is 6.04 Å². The third kappa shape index (κ3) is 3.79. The number of hydrogen-bond donors (Lipinski definition) is 2. The maximum absolute atomic E-state index is 11.9. The molecule has 0 aliphatic carbocycles. The Balaban J connectivity index is 1.70. The van der Waals surface area contributed by atoms with Gasteiger partial charge in [0.05, 0.1) is 26.9 Å². The second-order valence-corrected chi connectivity index (χ2v) is 6.08. The van der Waals surface area contributed by atoms with Crippen LogP contribution in [0.5, 0.6) is 11.5 Å². The van der Waals surface area contributed by atoms with Crippen LogP contribution in [0.1, 0.15) is 30.9 Å². The van der Waals surface area contributed by atoms with E-state index in [1.54, 1.807) is 0 Å². The van der Waals surface area contributed by atoms with Crippen molar-refractivity contribution in [3.63, 3.8) is 0 Å². The van der Waals surface area contributed by atoms with Gasteiger partial charge in [0, 0.05) is 24.8 Å². The number of likely N-dealkylation sites (tertiary alicyclic amines) is 1. The quantitative estimate of drug-likeness (QED) is 0.839. The zero-order valence-corrected chi connectivity index (χ0v) is 13.8. The van der Waals surface area contributed by atoms with Crippen molar-refractivity contribution in [2.45, 2.75) is 25.3 Å². The number of imide groups is 1. The molecule has 130 valence electrons. The maximum atomic E-state index is 11.9. The van der Waals surface area contributed by atoms with E-state index in [4.69, 9.17) is 9.47 Å². The molecule has 2 aliphatic heterocycles. The molecule has 0 radical (unpaired) electrons. The van der Waals surface area contributed by atoms with Gasteiger partial charge in [0.2, 0.25) is 0 Å². The summed E-state index contributed by atoms with van der Waals surface area (Å²) in [6.07, 6.45) is 2.20. The van der Waals surface area contributed by atoms with Gasteiger partial charge in [-0.25, -0.2) is 4.79 Å². The number of methoxy groups -OCH3 is 1. The molecule has 2 heterocycles. The van der Waals surface area contributed by atoms with E-state index in [1.165, 1.54) is 7.11 Å². The van der Waals surface area contributed by atoms with Crippen LogP contribution in [0.15, 0.2) is 18.2 Å². The Labute approximate surface area is 140 Å². The standard InChI is InChI=1S/C17H22N2O5/c1-22-17(21)18-16(20)11-19-7-2-4-13(19)12-5-6-14-15(10-12)24-9-3-8-23-14/h5-6,10,13H,2-4,7-9,11H2,1H3,(H,18,20,21)/p+1/t13-/m1/s1. The molecular formula is C17H23N2O5+. The molecule has 7 nitrogen and oxygen atoms in total. The number of rotatable bonds is 3. The molecule has 2 aliphatic rings. The minimum atomic E-state index is -0.717. The van der Waals surface area contributed by atoms with Gasteiger partial charge in [-0.15, -0.1) is 0 Å². The second kappa shape index (κ2) is 7.53. The van der Waals surface area contributed by atoms with Gasteiger partial charge in [0.25, 0.3) is 5.91 Å². The van der Waals surface area contributed by atoms with Crippen LogP contribution in [0.4, 0.5) is 4.79 Å². The van der Waals surface area contributed by atoms with Crippen LogP contribution in [0.3, 0.4) is 0 Å². The molecule has 1 aromatic carbocycles. The van der Waals surface area contributed by atoms with E-state index < -0.39 is 6.09 Å². The molecule has 2 atom stereocenters. The second-order valence-electron chi connectivity index (χ2n) is 6.08. The summed E-state index contributed by atoms with van der Waals surface area (Å²) in [4.78, 5) is 24.2. The topological polar surface area (TPSA) is 78.3 Å². The number of alkyl carbamates (subject to hydrolysis) is 1. The van der Waals surface area contributed by atoms with Gasteiger partial charge >= 0.3 is 6.09 Å². The first-order chi connectivity index (χ1) is 11.7. The van der Waals surface area contributed by atoms with Crippen LogP contribution < -0.4 is 19.7 Å². The van der Waals surface area contributed by atoms with E-state index in [0.717, 1.165) is 47.8 Å². The number of benzene rings is 1. The summed E-state index contributed by atoms with van der Waals surface area (Å²) in [6, 6.07) is 6.22. The lowest BCUT2D eigenvalue weighted by atomic mass is 10.0. The van der Waals surface area contributed by atoms with E-state index in [9.17, 15) is 9.59 Å². The predicted molar refractivity (Wildman–Crippen MR) is 85.3 cm³/mol. The summed E-state index contributed by atoms with van der Waals surface area (Å²) in [7, 11) is 1.24. The zero-order valence-electron chi connectivity index (χ0n) is 13.8.